The SMILES string of the molecule is CCC1OC(=O)[C@H](C)C(O[C@H]2C[C@@](C)(OC)[C@@H](O)[C@H](C)O2)[C@H](C)[C@@H](O[C@@H]2O[C@H](C)C[C@H](NC)[C@H]2O)[C@@](C)(O)C[C@@H](C)/C(=N\O)C(C)CN(CCCc2ccccc2)C1C. The van der Waals surface area contributed by atoms with Gasteiger partial charge < -0.3 is 54.3 Å². The molecule has 14 heteroatoms. The average molecular weight is 836 g/mol. The first-order chi connectivity index (χ1) is 27.8. The largest absolute Gasteiger partial charge is 0.460 e. The van der Waals surface area contributed by atoms with Gasteiger partial charge in [-0.25, -0.2) is 0 Å². The van der Waals surface area contributed by atoms with Crippen LogP contribution in [0.5, 0.6) is 0 Å². The molecule has 3 heterocycles. The summed E-state index contributed by atoms with van der Waals surface area (Å²) in [7, 11) is 3.30. The Morgan fingerprint density at radius 2 is 1.66 bits per heavy atom. The quantitative estimate of drug-likeness (QED) is 0.115. The van der Waals surface area contributed by atoms with Gasteiger partial charge in [0.25, 0.3) is 0 Å². The predicted molar refractivity (Wildman–Crippen MR) is 225 cm³/mol. The molecule has 3 aliphatic heterocycles. The third-order valence-corrected chi connectivity index (χ3v) is 13.4. The van der Waals surface area contributed by atoms with Crippen molar-refractivity contribution < 1.29 is 53.7 Å². The fourth-order valence-electron chi connectivity index (χ4n) is 9.78. The van der Waals surface area contributed by atoms with E-state index in [1.54, 1.807) is 34.7 Å². The van der Waals surface area contributed by atoms with E-state index in [2.05, 4.69) is 34.4 Å². The zero-order valence-corrected chi connectivity index (χ0v) is 37.7. The van der Waals surface area contributed by atoms with Crippen LogP contribution in [0, 0.1) is 23.7 Å². The zero-order valence-electron chi connectivity index (χ0n) is 37.7. The summed E-state index contributed by atoms with van der Waals surface area (Å²) in [5, 5.41) is 52.8. The van der Waals surface area contributed by atoms with E-state index in [-0.39, 0.29) is 36.9 Å². The van der Waals surface area contributed by atoms with E-state index < -0.39 is 84.1 Å². The molecule has 0 radical (unpaired) electrons. The summed E-state index contributed by atoms with van der Waals surface area (Å²) >= 11 is 0. The predicted octanol–water partition coefficient (Wildman–Crippen LogP) is 4.92. The Morgan fingerprint density at radius 1 is 0.983 bits per heavy atom. The maximum atomic E-state index is 14.6. The molecule has 0 aromatic heterocycles. The molecule has 5 N–H and O–H groups in total. The maximum absolute atomic E-state index is 14.6. The number of aryl methyl sites for hydroxylation is 1. The van der Waals surface area contributed by atoms with Gasteiger partial charge in [-0.3, -0.25) is 9.69 Å². The van der Waals surface area contributed by atoms with E-state index in [1.165, 1.54) is 12.7 Å². The summed E-state index contributed by atoms with van der Waals surface area (Å²) in [6, 6.07) is 9.80. The lowest BCUT2D eigenvalue weighted by Crippen LogP contribution is -2.60. The van der Waals surface area contributed by atoms with E-state index in [4.69, 9.17) is 28.4 Å². The van der Waals surface area contributed by atoms with E-state index in [0.717, 1.165) is 12.8 Å². The van der Waals surface area contributed by atoms with Gasteiger partial charge in [0, 0.05) is 49.9 Å². The molecule has 0 bridgehead atoms. The number of likely N-dealkylation sites (N-methyl/N-ethyl adjacent to an activating group) is 1. The molecule has 3 aliphatic rings. The summed E-state index contributed by atoms with van der Waals surface area (Å²) in [5.41, 5.74) is -0.889. The Hall–Kier alpha value is -2.24. The number of cyclic esters (lactones) is 1. The minimum absolute atomic E-state index is 0.108. The summed E-state index contributed by atoms with van der Waals surface area (Å²) in [4.78, 5) is 16.9. The van der Waals surface area contributed by atoms with Crippen molar-refractivity contribution in [3.05, 3.63) is 35.9 Å². The van der Waals surface area contributed by atoms with E-state index in [0.29, 0.717) is 31.6 Å². The highest BCUT2D eigenvalue weighted by molar-refractivity contribution is 5.88. The number of hydrogen-bond acceptors (Lipinski definition) is 14. The van der Waals surface area contributed by atoms with E-state index >= 15 is 0 Å². The lowest BCUT2D eigenvalue weighted by molar-refractivity contribution is -0.315. The van der Waals surface area contributed by atoms with Crippen molar-refractivity contribution in [2.45, 2.75) is 186 Å². The van der Waals surface area contributed by atoms with Gasteiger partial charge in [-0.1, -0.05) is 63.2 Å². The van der Waals surface area contributed by atoms with Crippen molar-refractivity contribution in [1.29, 1.82) is 0 Å². The molecule has 17 atom stereocenters. The number of carbonyl (C=O) groups excluding carboxylic acids is 1. The maximum Gasteiger partial charge on any atom is 0.311 e. The molecule has 1 aromatic carbocycles. The average Bonchev–Trinajstić information content (AvgIpc) is 3.19. The molecule has 4 rings (SSSR count). The standard InChI is InChI=1S/C45H77N3O11/c1-13-35-31(7)48(21-17-20-33-18-15-14-16-19-33)25-27(3)37(47-53)26(2)23-44(9,52)41(59-43-38(49)34(46-11)22-28(4)55-43)29(5)39(30(6)42(51)57-35)58-36-24-45(10,54-12)40(50)32(8)56-36/h14-16,18-19,26-32,34-36,38-41,43,46,49-50,52-53H,13,17,20-25H2,1-12H3/b47-37+/t26-,27?,28-,29+,30-,31?,32+,34+,35?,36+,38-,39?,40+,41-,43+,44+,45-/m1/s1. The van der Waals surface area contributed by atoms with Crippen LogP contribution in [0.4, 0.5) is 0 Å². The highest BCUT2D eigenvalue weighted by Crippen LogP contribution is 2.40. The Labute approximate surface area is 353 Å². The highest BCUT2D eigenvalue weighted by Gasteiger charge is 2.51. The number of carbonyl (C=O) groups is 1. The molecule has 3 saturated heterocycles. The van der Waals surface area contributed by atoms with Crippen LogP contribution in [0.1, 0.15) is 107 Å². The first kappa shape index (κ1) is 49.4. The van der Waals surface area contributed by atoms with Gasteiger partial charge in [0.15, 0.2) is 12.6 Å². The number of rotatable bonds is 11. The monoisotopic (exact) mass is 836 g/mol. The second-order valence-corrected chi connectivity index (χ2v) is 18.3. The van der Waals surface area contributed by atoms with Gasteiger partial charge in [0.05, 0.1) is 47.2 Å². The first-order valence-electron chi connectivity index (χ1n) is 21.9. The smallest absolute Gasteiger partial charge is 0.311 e. The van der Waals surface area contributed by atoms with Gasteiger partial charge in [0.1, 0.15) is 18.3 Å². The van der Waals surface area contributed by atoms with Crippen LogP contribution in [0.15, 0.2) is 35.5 Å². The van der Waals surface area contributed by atoms with Crippen molar-refractivity contribution >= 4 is 11.7 Å². The van der Waals surface area contributed by atoms with Gasteiger partial charge in [-0.2, -0.15) is 0 Å². The summed E-state index contributed by atoms with van der Waals surface area (Å²) in [6.07, 6.45) is -4.41. The number of benzene rings is 1. The van der Waals surface area contributed by atoms with Crippen LogP contribution < -0.4 is 5.32 Å². The molecule has 59 heavy (non-hydrogen) atoms. The van der Waals surface area contributed by atoms with E-state index in [9.17, 15) is 25.3 Å². The minimum Gasteiger partial charge on any atom is -0.460 e. The Kier molecular flexibility index (Phi) is 18.2. The number of aliphatic hydroxyl groups is 3. The zero-order chi connectivity index (χ0) is 43.8. The Morgan fingerprint density at radius 3 is 2.27 bits per heavy atom. The van der Waals surface area contributed by atoms with E-state index in [1.807, 2.05) is 52.8 Å². The van der Waals surface area contributed by atoms with Crippen molar-refractivity contribution in [3.8, 4) is 0 Å². The lowest BCUT2D eigenvalue weighted by Gasteiger charge is -2.48. The summed E-state index contributed by atoms with van der Waals surface area (Å²) < 4.78 is 38.3. The number of aliphatic hydroxyl groups excluding tert-OH is 2. The van der Waals surface area contributed by atoms with Crippen LogP contribution in [-0.2, 0) is 39.6 Å². The first-order valence-corrected chi connectivity index (χ1v) is 21.9. The molecule has 1 aromatic rings. The van der Waals surface area contributed by atoms with Crippen molar-refractivity contribution in [1.82, 2.24) is 10.2 Å². The van der Waals surface area contributed by atoms with Crippen LogP contribution in [-0.4, -0.2) is 143 Å². The molecule has 0 amide bonds. The van der Waals surface area contributed by atoms with Crippen molar-refractivity contribution in [2.75, 3.05) is 27.2 Å². The molecule has 3 fully saturated rings. The fraction of sp³-hybridized carbons (Fsp3) is 0.822. The molecule has 0 aliphatic carbocycles. The van der Waals surface area contributed by atoms with Gasteiger partial charge >= 0.3 is 5.97 Å². The van der Waals surface area contributed by atoms with Crippen LogP contribution in [0.3, 0.4) is 0 Å². The molecular formula is C45H77N3O11. The molecular weight excluding hydrogens is 759 g/mol. The lowest BCUT2D eigenvalue weighted by atomic mass is 9.76. The number of nitrogens with one attached hydrogen (secondary N) is 1. The topological polar surface area (TPSA) is 181 Å². The number of methoxy groups -OCH3 is 1. The van der Waals surface area contributed by atoms with Crippen LogP contribution in [0.2, 0.25) is 0 Å². The second kappa shape index (κ2) is 21.7. The van der Waals surface area contributed by atoms with Crippen molar-refractivity contribution in [2.24, 2.45) is 28.8 Å². The number of esters is 1. The summed E-state index contributed by atoms with van der Waals surface area (Å²) in [6.45, 7) is 20.0. The number of oxime groups is 1. The molecule has 14 nitrogen and oxygen atoms in total. The van der Waals surface area contributed by atoms with Gasteiger partial charge in [-0.15, -0.1) is 0 Å². The van der Waals surface area contributed by atoms with Crippen molar-refractivity contribution in [3.63, 3.8) is 0 Å². The molecule has 0 spiro atoms. The molecule has 338 valence electrons. The summed E-state index contributed by atoms with van der Waals surface area (Å²) in [5.74, 6) is -2.76. The number of ether oxygens (including phenoxy) is 6. The molecule has 4 unspecified atom stereocenters. The third kappa shape index (κ3) is 12.2. The molecule has 0 saturated carbocycles. The van der Waals surface area contributed by atoms with Gasteiger partial charge in [0.2, 0.25) is 0 Å². The number of nitrogens with zero attached hydrogens (tertiary/aromatic N) is 2. The third-order valence-electron chi connectivity index (χ3n) is 13.4. The fourth-order valence-corrected chi connectivity index (χ4v) is 9.78. The Balaban J connectivity index is 1.80. The highest BCUT2D eigenvalue weighted by atomic mass is 16.7. The normalized spacial score (nSPS) is 43.1. The van der Waals surface area contributed by atoms with Crippen LogP contribution in [0.25, 0.3) is 0 Å². The second-order valence-electron chi connectivity index (χ2n) is 18.3. The van der Waals surface area contributed by atoms with Crippen LogP contribution >= 0.6 is 0 Å². The Bertz CT molecular complexity index is 1470. The van der Waals surface area contributed by atoms with Gasteiger partial charge in [-0.05, 0) is 92.8 Å². The number of hydrogen-bond donors (Lipinski definition) is 5. The minimum atomic E-state index is -1.65.